The van der Waals surface area contributed by atoms with E-state index in [0.29, 0.717) is 12.0 Å². The zero-order chi connectivity index (χ0) is 6.85. The first kappa shape index (κ1) is 7.03. The van der Waals surface area contributed by atoms with E-state index in [2.05, 4.69) is 12.7 Å². The average Bonchev–Trinajstić information content (AvgIpc) is 1.80. The fourth-order valence-electron chi connectivity index (χ4n) is 1.41. The molecule has 0 amide bonds. The summed E-state index contributed by atoms with van der Waals surface area (Å²) in [5.74, 6) is 0.706. The Morgan fingerprint density at radius 2 is 2.11 bits per heavy atom. The molecular formula is C7H16NO+. The number of aliphatic hydroxyl groups excluding tert-OH is 1. The van der Waals surface area contributed by atoms with Gasteiger partial charge >= 0.3 is 0 Å². The molecule has 4 N–H and O–H groups in total. The lowest BCUT2D eigenvalue weighted by molar-refractivity contribution is -0.443. The van der Waals surface area contributed by atoms with Crippen molar-refractivity contribution >= 4 is 0 Å². The summed E-state index contributed by atoms with van der Waals surface area (Å²) in [4.78, 5) is 0. The van der Waals surface area contributed by atoms with Gasteiger partial charge in [0.25, 0.3) is 0 Å². The smallest absolute Gasteiger partial charge is 0.111 e. The molecule has 2 nitrogen and oxygen atoms in total. The van der Waals surface area contributed by atoms with Gasteiger partial charge in [-0.15, -0.1) is 0 Å². The number of aliphatic hydroxyl groups is 1. The van der Waals surface area contributed by atoms with E-state index in [9.17, 15) is 5.11 Å². The lowest BCUT2D eigenvalue weighted by atomic mass is 9.86. The molecule has 2 heteroatoms. The highest BCUT2D eigenvalue weighted by atomic mass is 16.3. The molecule has 0 aromatic carbocycles. The topological polar surface area (TPSA) is 47.9 Å². The van der Waals surface area contributed by atoms with Crippen LogP contribution in [-0.2, 0) is 0 Å². The third-order valence-corrected chi connectivity index (χ3v) is 2.22. The van der Waals surface area contributed by atoms with Crippen molar-refractivity contribution in [2.24, 2.45) is 5.92 Å². The van der Waals surface area contributed by atoms with E-state index < -0.39 is 0 Å². The molecule has 0 spiro atoms. The normalized spacial score (nSPS) is 45.0. The monoisotopic (exact) mass is 130 g/mol. The lowest BCUT2D eigenvalue weighted by Gasteiger charge is -2.25. The van der Waals surface area contributed by atoms with Gasteiger partial charge in [-0.05, 0) is 18.8 Å². The van der Waals surface area contributed by atoms with Crippen LogP contribution in [0, 0.1) is 5.92 Å². The Bertz CT molecular complexity index is 94.9. The van der Waals surface area contributed by atoms with Gasteiger partial charge in [0, 0.05) is 6.42 Å². The van der Waals surface area contributed by atoms with Crippen molar-refractivity contribution in [1.29, 1.82) is 0 Å². The molecule has 9 heavy (non-hydrogen) atoms. The van der Waals surface area contributed by atoms with Crippen molar-refractivity contribution in [3.63, 3.8) is 0 Å². The van der Waals surface area contributed by atoms with Gasteiger partial charge in [-0.1, -0.05) is 6.92 Å². The lowest BCUT2D eigenvalue weighted by Crippen LogP contribution is -2.67. The molecule has 3 unspecified atom stereocenters. The molecule has 0 heterocycles. The highest BCUT2D eigenvalue weighted by molar-refractivity contribution is 4.75. The summed E-state index contributed by atoms with van der Waals surface area (Å²) in [5, 5.41) is 9.29. The van der Waals surface area contributed by atoms with Crippen molar-refractivity contribution in [2.45, 2.75) is 38.3 Å². The molecule has 0 aliphatic heterocycles. The molecule has 54 valence electrons. The standard InChI is InChI=1S/C7H15NO/c1-5-2-3-6(8)7(9)4-5/h5-7,9H,2-4,8H2,1H3/p+1. The van der Waals surface area contributed by atoms with Crippen LogP contribution < -0.4 is 5.73 Å². The largest absolute Gasteiger partial charge is 0.387 e. The Kier molecular flexibility index (Phi) is 2.09. The summed E-state index contributed by atoms with van der Waals surface area (Å²) < 4.78 is 0. The first-order chi connectivity index (χ1) is 4.20. The van der Waals surface area contributed by atoms with E-state index in [4.69, 9.17) is 0 Å². The molecule has 1 aliphatic carbocycles. The van der Waals surface area contributed by atoms with Crippen LogP contribution in [0.4, 0.5) is 0 Å². The molecule has 0 aromatic heterocycles. The second-order valence-electron chi connectivity index (χ2n) is 3.25. The van der Waals surface area contributed by atoms with E-state index in [1.165, 1.54) is 6.42 Å². The number of hydrogen-bond acceptors (Lipinski definition) is 1. The maximum absolute atomic E-state index is 9.29. The molecule has 0 saturated heterocycles. The Hall–Kier alpha value is -0.0800. The zero-order valence-electron chi connectivity index (χ0n) is 6.01. The fraction of sp³-hybridized carbons (Fsp3) is 1.00. The van der Waals surface area contributed by atoms with Crippen LogP contribution in [0.5, 0.6) is 0 Å². The Morgan fingerprint density at radius 1 is 1.44 bits per heavy atom. The van der Waals surface area contributed by atoms with Crippen molar-refractivity contribution in [1.82, 2.24) is 0 Å². The first-order valence-electron chi connectivity index (χ1n) is 3.71. The average molecular weight is 130 g/mol. The first-order valence-corrected chi connectivity index (χ1v) is 3.71. The van der Waals surface area contributed by atoms with Crippen molar-refractivity contribution in [3.05, 3.63) is 0 Å². The van der Waals surface area contributed by atoms with Crippen LogP contribution >= 0.6 is 0 Å². The van der Waals surface area contributed by atoms with Crippen LogP contribution in [0.15, 0.2) is 0 Å². The molecule has 0 bridgehead atoms. The molecule has 1 fully saturated rings. The second kappa shape index (κ2) is 2.67. The molecule has 0 radical (unpaired) electrons. The molecule has 1 aliphatic rings. The maximum Gasteiger partial charge on any atom is 0.111 e. The Balaban J connectivity index is 2.35. The van der Waals surface area contributed by atoms with Crippen LogP contribution in [0.2, 0.25) is 0 Å². The van der Waals surface area contributed by atoms with E-state index in [0.717, 1.165) is 12.8 Å². The maximum atomic E-state index is 9.29. The Labute approximate surface area is 56.1 Å². The van der Waals surface area contributed by atoms with Gasteiger partial charge in [0.1, 0.15) is 12.1 Å². The third kappa shape index (κ3) is 1.66. The molecular weight excluding hydrogens is 114 g/mol. The number of rotatable bonds is 0. The van der Waals surface area contributed by atoms with Crippen LogP contribution in [-0.4, -0.2) is 17.3 Å². The summed E-state index contributed by atoms with van der Waals surface area (Å²) in [5.41, 5.74) is 3.86. The minimum Gasteiger partial charge on any atom is -0.387 e. The number of quaternary nitrogens is 1. The van der Waals surface area contributed by atoms with Gasteiger partial charge in [-0.2, -0.15) is 0 Å². The van der Waals surface area contributed by atoms with Gasteiger partial charge in [-0.25, -0.2) is 0 Å². The summed E-state index contributed by atoms with van der Waals surface area (Å²) in [6, 6.07) is 0.293. The quantitative estimate of drug-likeness (QED) is 0.468. The summed E-state index contributed by atoms with van der Waals surface area (Å²) in [7, 11) is 0. The van der Waals surface area contributed by atoms with Crippen molar-refractivity contribution < 1.29 is 10.8 Å². The minimum absolute atomic E-state index is 0.131. The van der Waals surface area contributed by atoms with E-state index in [-0.39, 0.29) is 6.10 Å². The van der Waals surface area contributed by atoms with Crippen LogP contribution in [0.3, 0.4) is 0 Å². The third-order valence-electron chi connectivity index (χ3n) is 2.22. The van der Waals surface area contributed by atoms with Gasteiger partial charge in [0.05, 0.1) is 0 Å². The number of hydrogen-bond donors (Lipinski definition) is 2. The summed E-state index contributed by atoms with van der Waals surface area (Å²) in [6.07, 6.45) is 3.16. The van der Waals surface area contributed by atoms with Crippen LogP contribution in [0.1, 0.15) is 26.2 Å². The van der Waals surface area contributed by atoms with Crippen molar-refractivity contribution in [2.75, 3.05) is 0 Å². The van der Waals surface area contributed by atoms with E-state index in [1.807, 2.05) is 0 Å². The molecule has 0 aromatic rings. The zero-order valence-corrected chi connectivity index (χ0v) is 6.01. The highest BCUT2D eigenvalue weighted by Crippen LogP contribution is 2.21. The van der Waals surface area contributed by atoms with Gasteiger partial charge in [0.15, 0.2) is 0 Å². The molecule has 1 saturated carbocycles. The fourth-order valence-corrected chi connectivity index (χ4v) is 1.41. The SMILES string of the molecule is CC1CCC([NH3+])C(O)C1. The predicted octanol–water partition coefficient (Wildman–Crippen LogP) is -0.222. The predicted molar refractivity (Wildman–Crippen MR) is 35.7 cm³/mol. The molecule has 3 atom stereocenters. The minimum atomic E-state index is -0.131. The van der Waals surface area contributed by atoms with E-state index >= 15 is 0 Å². The van der Waals surface area contributed by atoms with E-state index in [1.54, 1.807) is 0 Å². The van der Waals surface area contributed by atoms with Crippen molar-refractivity contribution in [3.8, 4) is 0 Å². The summed E-state index contributed by atoms with van der Waals surface area (Å²) >= 11 is 0. The second-order valence-corrected chi connectivity index (χ2v) is 3.25. The summed E-state index contributed by atoms with van der Waals surface area (Å²) in [6.45, 7) is 2.19. The Morgan fingerprint density at radius 3 is 2.56 bits per heavy atom. The van der Waals surface area contributed by atoms with Gasteiger partial charge in [0.2, 0.25) is 0 Å². The van der Waals surface area contributed by atoms with Gasteiger partial charge in [-0.3, -0.25) is 0 Å². The van der Waals surface area contributed by atoms with Gasteiger partial charge < -0.3 is 10.8 Å². The molecule has 1 rings (SSSR count). The highest BCUT2D eigenvalue weighted by Gasteiger charge is 2.26. The van der Waals surface area contributed by atoms with Crippen LogP contribution in [0.25, 0.3) is 0 Å².